The van der Waals surface area contributed by atoms with Gasteiger partial charge in [-0.05, 0) is 23.8 Å². The molecule has 1 aromatic rings. The molecule has 0 aromatic heterocycles. The van der Waals surface area contributed by atoms with Gasteiger partial charge < -0.3 is 4.90 Å². The third-order valence-electron chi connectivity index (χ3n) is 3.10. The first kappa shape index (κ1) is 8.48. The van der Waals surface area contributed by atoms with Crippen LogP contribution in [0.5, 0.6) is 0 Å². The van der Waals surface area contributed by atoms with Crippen molar-refractivity contribution >= 4 is 17.7 Å². The number of likely N-dealkylation sites (N-methyl/N-ethyl adjacent to an activating group) is 1. The highest BCUT2D eigenvalue weighted by atomic mass is 16.2. The molecule has 2 heteroatoms. The molecule has 1 heterocycles. The van der Waals surface area contributed by atoms with Crippen LogP contribution in [0.3, 0.4) is 0 Å². The molecular weight excluding hydrogens is 186 g/mol. The van der Waals surface area contributed by atoms with E-state index in [0.29, 0.717) is 0 Å². The molecule has 0 saturated carbocycles. The van der Waals surface area contributed by atoms with Crippen LogP contribution in [0.15, 0.2) is 29.8 Å². The minimum atomic E-state index is 0.0726. The maximum Gasteiger partial charge on any atom is 0.251 e. The molecule has 0 saturated heterocycles. The largest absolute Gasteiger partial charge is 0.311 e. The van der Waals surface area contributed by atoms with E-state index in [1.807, 2.05) is 13.1 Å². The molecule has 1 aromatic carbocycles. The maximum absolute atomic E-state index is 11.5. The Morgan fingerprint density at radius 1 is 1.20 bits per heavy atom. The molecule has 3 rings (SSSR count). The quantitative estimate of drug-likeness (QED) is 0.585. The van der Waals surface area contributed by atoms with E-state index in [-0.39, 0.29) is 5.91 Å². The van der Waals surface area contributed by atoms with Crippen molar-refractivity contribution in [3.63, 3.8) is 0 Å². The zero-order valence-electron chi connectivity index (χ0n) is 8.74. The second-order valence-electron chi connectivity index (χ2n) is 4.03. The molecule has 2 nitrogen and oxygen atoms in total. The fourth-order valence-electron chi connectivity index (χ4n) is 2.28. The lowest BCUT2D eigenvalue weighted by atomic mass is 10.1. The van der Waals surface area contributed by atoms with Gasteiger partial charge in [0.05, 0.1) is 5.70 Å². The average molecular weight is 197 g/mol. The molecule has 0 atom stereocenters. The number of aryl methyl sites for hydroxylation is 1. The standard InChI is InChI=1S/C13H11NO/c1-8-4-3-5-10-11(8)6-9-7-12(15)14(2)13(9)10/h3-7H,1-2H3. The van der Waals surface area contributed by atoms with E-state index in [4.69, 9.17) is 0 Å². The van der Waals surface area contributed by atoms with Gasteiger partial charge in [0.1, 0.15) is 0 Å². The van der Waals surface area contributed by atoms with E-state index in [1.165, 1.54) is 16.0 Å². The van der Waals surface area contributed by atoms with Gasteiger partial charge in [-0.1, -0.05) is 18.2 Å². The maximum atomic E-state index is 11.5. The Hall–Kier alpha value is -1.83. The topological polar surface area (TPSA) is 20.3 Å². The Morgan fingerprint density at radius 2 is 2.00 bits per heavy atom. The van der Waals surface area contributed by atoms with E-state index < -0.39 is 0 Å². The highest BCUT2D eigenvalue weighted by molar-refractivity contribution is 6.07. The summed E-state index contributed by atoms with van der Waals surface area (Å²) < 4.78 is 0. The van der Waals surface area contributed by atoms with Crippen LogP contribution in [0.4, 0.5) is 0 Å². The molecule has 74 valence electrons. The van der Waals surface area contributed by atoms with Gasteiger partial charge in [-0.2, -0.15) is 0 Å². The Kier molecular flexibility index (Phi) is 1.47. The summed E-state index contributed by atoms with van der Waals surface area (Å²) in [6, 6.07) is 6.21. The number of benzene rings is 1. The zero-order valence-corrected chi connectivity index (χ0v) is 8.74. The average Bonchev–Trinajstić information content (AvgIpc) is 2.68. The van der Waals surface area contributed by atoms with Crippen molar-refractivity contribution in [2.45, 2.75) is 6.92 Å². The summed E-state index contributed by atoms with van der Waals surface area (Å²) in [4.78, 5) is 13.2. The summed E-state index contributed by atoms with van der Waals surface area (Å²) in [7, 11) is 1.83. The minimum Gasteiger partial charge on any atom is -0.311 e. The van der Waals surface area contributed by atoms with Crippen LogP contribution in [0, 0.1) is 6.92 Å². The van der Waals surface area contributed by atoms with Crippen LogP contribution in [-0.4, -0.2) is 17.9 Å². The fourth-order valence-corrected chi connectivity index (χ4v) is 2.28. The SMILES string of the molecule is Cc1cccc2c1=CC1=CC(=O)N(C)C=21. The predicted molar refractivity (Wildman–Crippen MR) is 59.2 cm³/mol. The molecule has 0 radical (unpaired) electrons. The van der Waals surface area contributed by atoms with Crippen molar-refractivity contribution in [2.24, 2.45) is 0 Å². The third-order valence-corrected chi connectivity index (χ3v) is 3.10. The van der Waals surface area contributed by atoms with E-state index >= 15 is 0 Å². The van der Waals surface area contributed by atoms with Gasteiger partial charge in [-0.25, -0.2) is 0 Å². The first-order chi connectivity index (χ1) is 7.18. The number of nitrogens with zero attached hydrogens (tertiary/aromatic N) is 1. The van der Waals surface area contributed by atoms with Gasteiger partial charge in [0.25, 0.3) is 5.91 Å². The Balaban J connectivity index is 2.48. The van der Waals surface area contributed by atoms with Gasteiger partial charge in [0, 0.05) is 23.9 Å². The van der Waals surface area contributed by atoms with E-state index in [2.05, 4.69) is 25.1 Å². The number of carbonyl (C=O) groups is 1. The molecule has 1 amide bonds. The van der Waals surface area contributed by atoms with Crippen molar-refractivity contribution in [2.75, 3.05) is 7.05 Å². The molecule has 2 aliphatic rings. The molecule has 15 heavy (non-hydrogen) atoms. The van der Waals surface area contributed by atoms with Gasteiger partial charge in [0.15, 0.2) is 0 Å². The molecule has 0 spiro atoms. The Morgan fingerprint density at radius 3 is 2.80 bits per heavy atom. The number of hydrogen-bond donors (Lipinski definition) is 0. The number of fused-ring (bicyclic) bond motifs is 2. The third kappa shape index (κ3) is 0.962. The Labute approximate surface area is 87.8 Å². The molecule has 0 bridgehead atoms. The minimum absolute atomic E-state index is 0.0726. The number of carbonyl (C=O) groups excluding carboxylic acids is 1. The van der Waals surface area contributed by atoms with Crippen molar-refractivity contribution < 1.29 is 4.79 Å². The molecule has 0 fully saturated rings. The highest BCUT2D eigenvalue weighted by Crippen LogP contribution is 2.24. The summed E-state index contributed by atoms with van der Waals surface area (Å²) in [6.07, 6.45) is 3.80. The summed E-state index contributed by atoms with van der Waals surface area (Å²) in [5.41, 5.74) is 3.36. The van der Waals surface area contributed by atoms with Crippen LogP contribution in [-0.2, 0) is 4.79 Å². The van der Waals surface area contributed by atoms with Crippen LogP contribution >= 0.6 is 0 Å². The molecule has 1 aliphatic carbocycles. The van der Waals surface area contributed by atoms with Crippen molar-refractivity contribution in [3.05, 3.63) is 45.8 Å². The number of rotatable bonds is 0. The van der Waals surface area contributed by atoms with Crippen molar-refractivity contribution in [1.82, 2.24) is 4.90 Å². The van der Waals surface area contributed by atoms with E-state index in [1.54, 1.807) is 11.0 Å². The molecule has 0 N–H and O–H groups in total. The van der Waals surface area contributed by atoms with Crippen LogP contribution in [0.1, 0.15) is 5.56 Å². The monoisotopic (exact) mass is 197 g/mol. The first-order valence-corrected chi connectivity index (χ1v) is 5.00. The van der Waals surface area contributed by atoms with E-state index in [9.17, 15) is 4.79 Å². The normalized spacial score (nSPS) is 17.5. The van der Waals surface area contributed by atoms with Crippen LogP contribution in [0.25, 0.3) is 11.8 Å². The predicted octanol–water partition coefficient (Wildman–Crippen LogP) is 0.296. The summed E-state index contributed by atoms with van der Waals surface area (Å²) in [5, 5.41) is 2.42. The van der Waals surface area contributed by atoms with Gasteiger partial charge in [-0.3, -0.25) is 4.79 Å². The van der Waals surface area contributed by atoms with Crippen LogP contribution in [0.2, 0.25) is 0 Å². The smallest absolute Gasteiger partial charge is 0.251 e. The lowest BCUT2D eigenvalue weighted by molar-refractivity contribution is -0.121. The molecule has 1 aliphatic heterocycles. The van der Waals surface area contributed by atoms with Crippen molar-refractivity contribution in [1.29, 1.82) is 0 Å². The second-order valence-corrected chi connectivity index (χ2v) is 4.03. The highest BCUT2D eigenvalue weighted by Gasteiger charge is 2.26. The van der Waals surface area contributed by atoms with Crippen molar-refractivity contribution in [3.8, 4) is 0 Å². The van der Waals surface area contributed by atoms with E-state index in [0.717, 1.165) is 11.3 Å². The summed E-state index contributed by atoms with van der Waals surface area (Å²) >= 11 is 0. The van der Waals surface area contributed by atoms with Crippen LogP contribution < -0.4 is 10.4 Å². The Bertz CT molecular complexity index is 622. The van der Waals surface area contributed by atoms with Gasteiger partial charge >= 0.3 is 0 Å². The zero-order chi connectivity index (χ0) is 10.6. The van der Waals surface area contributed by atoms with Gasteiger partial charge in [-0.15, -0.1) is 0 Å². The first-order valence-electron chi connectivity index (χ1n) is 5.00. The summed E-state index contributed by atoms with van der Waals surface area (Å²) in [5.74, 6) is 0.0726. The number of amides is 1. The lowest BCUT2D eigenvalue weighted by Gasteiger charge is -2.10. The number of hydrogen-bond acceptors (Lipinski definition) is 1. The van der Waals surface area contributed by atoms with Gasteiger partial charge in [0.2, 0.25) is 0 Å². The molecule has 0 unspecified atom stereocenters. The second kappa shape index (κ2) is 2.60. The summed E-state index contributed by atoms with van der Waals surface area (Å²) in [6.45, 7) is 2.10. The fraction of sp³-hybridized carbons (Fsp3) is 0.154. The lowest BCUT2D eigenvalue weighted by Crippen LogP contribution is -2.30. The molecular formula is C13H11NO.